The van der Waals surface area contributed by atoms with Gasteiger partial charge in [0.1, 0.15) is 0 Å². The molecule has 0 saturated carbocycles. The van der Waals surface area contributed by atoms with Gasteiger partial charge in [0.05, 0.1) is 18.2 Å². The third-order valence-corrected chi connectivity index (χ3v) is 4.12. The van der Waals surface area contributed by atoms with E-state index in [1.54, 1.807) is 0 Å². The number of hydrogen-bond donors (Lipinski definition) is 1. The minimum Gasteiger partial charge on any atom is -0.357 e. The van der Waals surface area contributed by atoms with Crippen molar-refractivity contribution in [1.82, 2.24) is 15.1 Å². The maximum atomic E-state index is 8.86. The first-order valence-corrected chi connectivity index (χ1v) is 8.87. The van der Waals surface area contributed by atoms with Crippen LogP contribution in [0.15, 0.2) is 29.3 Å². The summed E-state index contributed by atoms with van der Waals surface area (Å²) in [5.41, 5.74) is 1.82. The van der Waals surface area contributed by atoms with Gasteiger partial charge in [0, 0.05) is 39.3 Å². The molecule has 1 fully saturated rings. The Hall–Kier alpha value is -2.06. The lowest BCUT2D eigenvalue weighted by atomic mass is 10.1. The van der Waals surface area contributed by atoms with Crippen molar-refractivity contribution < 1.29 is 0 Å². The van der Waals surface area contributed by atoms with E-state index in [9.17, 15) is 0 Å². The van der Waals surface area contributed by atoms with Gasteiger partial charge in [-0.3, -0.25) is 4.90 Å². The molecule has 0 radical (unpaired) electrons. The number of benzene rings is 1. The van der Waals surface area contributed by atoms with Gasteiger partial charge in [-0.2, -0.15) is 5.26 Å². The average Bonchev–Trinajstić information content (AvgIpc) is 2.59. The number of nitrogens with one attached hydrogen (secondary N) is 1. The second-order valence-electron chi connectivity index (χ2n) is 6.66. The molecular formula is C19H29N5. The van der Waals surface area contributed by atoms with E-state index >= 15 is 0 Å². The Balaban J connectivity index is 1.94. The van der Waals surface area contributed by atoms with Crippen LogP contribution in [0.25, 0.3) is 0 Å². The maximum Gasteiger partial charge on any atom is 0.194 e. The highest BCUT2D eigenvalue weighted by molar-refractivity contribution is 5.80. The van der Waals surface area contributed by atoms with E-state index in [2.05, 4.69) is 42.0 Å². The van der Waals surface area contributed by atoms with E-state index in [1.807, 2.05) is 24.3 Å². The number of piperazine rings is 1. The van der Waals surface area contributed by atoms with E-state index in [4.69, 9.17) is 10.3 Å². The van der Waals surface area contributed by atoms with E-state index < -0.39 is 0 Å². The molecule has 1 aromatic rings. The molecule has 0 unspecified atom stereocenters. The van der Waals surface area contributed by atoms with E-state index in [-0.39, 0.29) is 0 Å². The molecule has 1 aliphatic heterocycles. The van der Waals surface area contributed by atoms with Gasteiger partial charge in [-0.25, -0.2) is 4.99 Å². The number of nitriles is 1. The van der Waals surface area contributed by atoms with Gasteiger partial charge in [-0.15, -0.1) is 0 Å². The smallest absolute Gasteiger partial charge is 0.194 e. The van der Waals surface area contributed by atoms with Gasteiger partial charge >= 0.3 is 0 Å². The summed E-state index contributed by atoms with van der Waals surface area (Å²) in [6.07, 6.45) is 0. The Morgan fingerprint density at radius 1 is 1.21 bits per heavy atom. The number of aliphatic imine (C=N–C) groups is 1. The zero-order valence-corrected chi connectivity index (χ0v) is 15.1. The molecule has 1 aromatic carbocycles. The zero-order chi connectivity index (χ0) is 17.4. The Bertz CT molecular complexity index is 562. The lowest BCUT2D eigenvalue weighted by molar-refractivity contribution is 0.164. The molecule has 0 amide bonds. The van der Waals surface area contributed by atoms with E-state index in [0.29, 0.717) is 12.1 Å². The van der Waals surface area contributed by atoms with Gasteiger partial charge in [0.2, 0.25) is 0 Å². The monoisotopic (exact) mass is 327 g/mol. The zero-order valence-electron chi connectivity index (χ0n) is 15.1. The van der Waals surface area contributed by atoms with Crippen LogP contribution in [0.2, 0.25) is 0 Å². The van der Waals surface area contributed by atoms with Crippen molar-refractivity contribution in [3.63, 3.8) is 0 Å². The van der Waals surface area contributed by atoms with Gasteiger partial charge in [0.15, 0.2) is 5.96 Å². The fourth-order valence-electron chi connectivity index (χ4n) is 2.94. The van der Waals surface area contributed by atoms with Crippen LogP contribution in [-0.4, -0.2) is 55.0 Å². The summed E-state index contributed by atoms with van der Waals surface area (Å²) in [5.74, 6) is 1.71. The van der Waals surface area contributed by atoms with Crippen molar-refractivity contribution in [1.29, 1.82) is 5.26 Å². The molecule has 24 heavy (non-hydrogen) atoms. The normalized spacial score (nSPS) is 16.3. The topological polar surface area (TPSA) is 54.7 Å². The molecule has 0 aromatic heterocycles. The maximum absolute atomic E-state index is 8.86. The van der Waals surface area contributed by atoms with Crippen LogP contribution in [0.3, 0.4) is 0 Å². The number of nitrogens with zero attached hydrogens (tertiary/aromatic N) is 4. The summed E-state index contributed by atoms with van der Waals surface area (Å²) in [6, 6.07) is 9.80. The summed E-state index contributed by atoms with van der Waals surface area (Å²) in [7, 11) is 0. The Morgan fingerprint density at radius 3 is 2.42 bits per heavy atom. The number of hydrogen-bond acceptors (Lipinski definition) is 3. The molecule has 5 heteroatoms. The molecule has 0 spiro atoms. The SMILES string of the molecule is CCNC(=NCc1ccc(C#N)cc1)N1CCN(CC(C)C)CC1. The van der Waals surface area contributed by atoms with Gasteiger partial charge in [0.25, 0.3) is 0 Å². The lowest BCUT2D eigenvalue weighted by Gasteiger charge is -2.37. The largest absolute Gasteiger partial charge is 0.357 e. The third kappa shape index (κ3) is 5.54. The quantitative estimate of drug-likeness (QED) is 0.666. The van der Waals surface area contributed by atoms with E-state index in [1.165, 1.54) is 6.54 Å². The van der Waals surface area contributed by atoms with Crippen molar-refractivity contribution in [3.8, 4) is 6.07 Å². The van der Waals surface area contributed by atoms with Crippen molar-refractivity contribution in [3.05, 3.63) is 35.4 Å². The Kier molecular flexibility index (Phi) is 7.07. The Morgan fingerprint density at radius 2 is 1.88 bits per heavy atom. The first-order chi connectivity index (χ1) is 11.6. The molecule has 130 valence electrons. The molecule has 1 saturated heterocycles. The summed E-state index contributed by atoms with van der Waals surface area (Å²) < 4.78 is 0. The summed E-state index contributed by atoms with van der Waals surface area (Å²) >= 11 is 0. The second kappa shape index (κ2) is 9.29. The third-order valence-electron chi connectivity index (χ3n) is 4.12. The van der Waals surface area contributed by atoms with Crippen LogP contribution in [0.1, 0.15) is 31.9 Å². The lowest BCUT2D eigenvalue weighted by Crippen LogP contribution is -2.53. The van der Waals surface area contributed by atoms with Crippen molar-refractivity contribution >= 4 is 5.96 Å². The second-order valence-corrected chi connectivity index (χ2v) is 6.66. The minimum absolute atomic E-state index is 0.639. The van der Waals surface area contributed by atoms with Crippen LogP contribution in [0.4, 0.5) is 0 Å². The fraction of sp³-hybridized carbons (Fsp3) is 0.579. The van der Waals surface area contributed by atoms with E-state index in [0.717, 1.165) is 50.2 Å². The Labute approximate surface area is 146 Å². The van der Waals surface area contributed by atoms with Crippen molar-refractivity contribution in [2.45, 2.75) is 27.3 Å². The van der Waals surface area contributed by atoms with Gasteiger partial charge in [-0.05, 0) is 30.5 Å². The van der Waals surface area contributed by atoms with Crippen LogP contribution in [0.5, 0.6) is 0 Å². The average molecular weight is 327 g/mol. The molecule has 0 atom stereocenters. The van der Waals surface area contributed by atoms with Crippen molar-refractivity contribution in [2.24, 2.45) is 10.9 Å². The highest BCUT2D eigenvalue weighted by atomic mass is 15.3. The molecule has 1 aliphatic rings. The first kappa shape index (κ1) is 18.3. The first-order valence-electron chi connectivity index (χ1n) is 8.87. The molecule has 1 heterocycles. The van der Waals surface area contributed by atoms with Gasteiger partial charge < -0.3 is 10.2 Å². The summed E-state index contributed by atoms with van der Waals surface area (Å²) in [4.78, 5) is 9.66. The number of rotatable bonds is 5. The van der Waals surface area contributed by atoms with Crippen LogP contribution >= 0.6 is 0 Å². The highest BCUT2D eigenvalue weighted by Crippen LogP contribution is 2.08. The fourth-order valence-corrected chi connectivity index (χ4v) is 2.94. The molecule has 1 N–H and O–H groups in total. The van der Waals surface area contributed by atoms with Crippen LogP contribution in [-0.2, 0) is 6.54 Å². The molecule has 2 rings (SSSR count). The van der Waals surface area contributed by atoms with Gasteiger partial charge in [-0.1, -0.05) is 26.0 Å². The van der Waals surface area contributed by atoms with Crippen LogP contribution in [0, 0.1) is 17.2 Å². The van der Waals surface area contributed by atoms with Crippen molar-refractivity contribution in [2.75, 3.05) is 39.3 Å². The highest BCUT2D eigenvalue weighted by Gasteiger charge is 2.19. The predicted molar refractivity (Wildman–Crippen MR) is 98.8 cm³/mol. The number of guanidine groups is 1. The molecule has 0 bridgehead atoms. The molecular weight excluding hydrogens is 298 g/mol. The summed E-state index contributed by atoms with van der Waals surface area (Å²) in [6.45, 7) is 13.6. The summed E-state index contributed by atoms with van der Waals surface area (Å²) in [5, 5.41) is 12.3. The minimum atomic E-state index is 0.639. The molecule has 5 nitrogen and oxygen atoms in total. The predicted octanol–water partition coefficient (Wildman–Crippen LogP) is 2.30. The standard InChI is InChI=1S/C19H29N5/c1-4-21-19(22-14-18-7-5-17(13-20)6-8-18)24-11-9-23(10-12-24)15-16(2)3/h5-8,16H,4,9-12,14-15H2,1-3H3,(H,21,22). The van der Waals surface area contributed by atoms with Crippen LogP contribution < -0.4 is 5.32 Å². The molecule has 0 aliphatic carbocycles.